The minimum absolute atomic E-state index is 0.0684. The standard InChI is InChI=1S/C20H17BrN4O3S/c1-11(26)22-20-24-16-6-5-14(9-17(16)29-20)23-19(28)12-7-18(27)25(10-12)15-4-2-3-13(21)8-15/h2-6,8-9,12H,7,10H2,1H3,(H,23,28)(H,22,24,26). The molecule has 7 nitrogen and oxygen atoms in total. The van der Waals surface area contributed by atoms with Crippen LogP contribution in [0.1, 0.15) is 13.3 Å². The summed E-state index contributed by atoms with van der Waals surface area (Å²) in [4.78, 5) is 42.3. The molecule has 1 saturated heterocycles. The molecule has 1 aliphatic rings. The third kappa shape index (κ3) is 4.30. The molecule has 1 unspecified atom stereocenters. The maximum Gasteiger partial charge on any atom is 0.229 e. The van der Waals surface area contributed by atoms with E-state index in [4.69, 9.17) is 0 Å². The molecular formula is C20H17BrN4O3S. The lowest BCUT2D eigenvalue weighted by atomic mass is 10.1. The molecule has 2 N–H and O–H groups in total. The summed E-state index contributed by atoms with van der Waals surface area (Å²) in [6.07, 6.45) is 0.174. The average Bonchev–Trinajstić information content (AvgIpc) is 3.23. The van der Waals surface area contributed by atoms with Crippen LogP contribution in [-0.4, -0.2) is 29.3 Å². The quantitative estimate of drug-likeness (QED) is 0.599. The number of hydrogen-bond acceptors (Lipinski definition) is 5. The number of carbonyl (C=O) groups is 3. The summed E-state index contributed by atoms with van der Waals surface area (Å²) in [5.74, 6) is -0.866. The molecule has 29 heavy (non-hydrogen) atoms. The second-order valence-electron chi connectivity index (χ2n) is 6.76. The molecule has 9 heteroatoms. The molecule has 148 valence electrons. The monoisotopic (exact) mass is 472 g/mol. The van der Waals surface area contributed by atoms with Crippen molar-refractivity contribution < 1.29 is 14.4 Å². The lowest BCUT2D eigenvalue weighted by Gasteiger charge is -2.17. The third-order valence-electron chi connectivity index (χ3n) is 4.55. The van der Waals surface area contributed by atoms with Crippen LogP contribution in [0.3, 0.4) is 0 Å². The summed E-state index contributed by atoms with van der Waals surface area (Å²) < 4.78 is 1.73. The van der Waals surface area contributed by atoms with E-state index in [0.717, 1.165) is 20.4 Å². The number of nitrogens with one attached hydrogen (secondary N) is 2. The van der Waals surface area contributed by atoms with Gasteiger partial charge in [-0.2, -0.15) is 0 Å². The molecule has 4 rings (SSSR count). The van der Waals surface area contributed by atoms with E-state index in [1.807, 2.05) is 30.3 Å². The van der Waals surface area contributed by atoms with Crippen LogP contribution < -0.4 is 15.5 Å². The second kappa shape index (κ2) is 7.92. The highest BCUT2D eigenvalue weighted by atomic mass is 79.9. The van der Waals surface area contributed by atoms with Crippen molar-refractivity contribution in [1.82, 2.24) is 4.98 Å². The Morgan fingerprint density at radius 2 is 2.03 bits per heavy atom. The van der Waals surface area contributed by atoms with Crippen molar-refractivity contribution in [3.63, 3.8) is 0 Å². The normalized spacial score (nSPS) is 16.3. The molecule has 1 fully saturated rings. The van der Waals surface area contributed by atoms with Crippen molar-refractivity contribution in [1.29, 1.82) is 0 Å². The van der Waals surface area contributed by atoms with Crippen LogP contribution in [0.25, 0.3) is 10.2 Å². The van der Waals surface area contributed by atoms with Crippen molar-refractivity contribution in [3.8, 4) is 0 Å². The van der Waals surface area contributed by atoms with Gasteiger partial charge in [-0.05, 0) is 36.4 Å². The summed E-state index contributed by atoms with van der Waals surface area (Å²) in [6.45, 7) is 1.77. The fraction of sp³-hybridized carbons (Fsp3) is 0.200. The van der Waals surface area contributed by atoms with E-state index >= 15 is 0 Å². The van der Waals surface area contributed by atoms with Gasteiger partial charge in [0.15, 0.2) is 5.13 Å². The largest absolute Gasteiger partial charge is 0.326 e. The molecule has 3 aromatic rings. The van der Waals surface area contributed by atoms with Gasteiger partial charge in [-0.3, -0.25) is 14.4 Å². The van der Waals surface area contributed by atoms with Gasteiger partial charge >= 0.3 is 0 Å². The smallest absolute Gasteiger partial charge is 0.229 e. The molecule has 1 aromatic heterocycles. The number of hydrogen-bond donors (Lipinski definition) is 2. The molecule has 0 radical (unpaired) electrons. The predicted molar refractivity (Wildman–Crippen MR) is 117 cm³/mol. The molecule has 1 atom stereocenters. The van der Waals surface area contributed by atoms with Gasteiger partial charge in [0.2, 0.25) is 17.7 Å². The SMILES string of the molecule is CC(=O)Nc1nc2ccc(NC(=O)C3CC(=O)N(c4cccc(Br)c4)C3)cc2s1. The number of aromatic nitrogens is 1. The molecule has 2 heterocycles. The number of halogens is 1. The fourth-order valence-electron chi connectivity index (χ4n) is 3.23. The Kier molecular flexibility index (Phi) is 5.33. The summed E-state index contributed by atoms with van der Waals surface area (Å²) in [7, 11) is 0. The number of benzene rings is 2. The number of nitrogens with zero attached hydrogens (tertiary/aromatic N) is 2. The highest BCUT2D eigenvalue weighted by Gasteiger charge is 2.35. The van der Waals surface area contributed by atoms with Crippen LogP contribution in [0.5, 0.6) is 0 Å². The zero-order chi connectivity index (χ0) is 20.5. The van der Waals surface area contributed by atoms with Gasteiger partial charge in [0.25, 0.3) is 0 Å². The van der Waals surface area contributed by atoms with Gasteiger partial charge in [0.05, 0.1) is 16.1 Å². The maximum atomic E-state index is 12.7. The topological polar surface area (TPSA) is 91.4 Å². The van der Waals surface area contributed by atoms with Crippen LogP contribution in [0.2, 0.25) is 0 Å². The van der Waals surface area contributed by atoms with Gasteiger partial charge in [-0.15, -0.1) is 0 Å². The van der Waals surface area contributed by atoms with Crippen molar-refractivity contribution in [2.75, 3.05) is 22.1 Å². The lowest BCUT2D eigenvalue weighted by Crippen LogP contribution is -2.28. The predicted octanol–water partition coefficient (Wildman–Crippen LogP) is 4.01. The van der Waals surface area contributed by atoms with Crippen molar-refractivity contribution in [2.24, 2.45) is 5.92 Å². The number of rotatable bonds is 4. The van der Waals surface area contributed by atoms with Gasteiger partial charge in [-0.1, -0.05) is 33.3 Å². The lowest BCUT2D eigenvalue weighted by molar-refractivity contribution is -0.122. The van der Waals surface area contributed by atoms with Gasteiger partial charge < -0.3 is 15.5 Å². The summed E-state index contributed by atoms with van der Waals surface area (Å²) in [5, 5.41) is 6.07. The van der Waals surface area contributed by atoms with Gasteiger partial charge in [0, 0.05) is 35.7 Å². The van der Waals surface area contributed by atoms with Crippen LogP contribution in [0.4, 0.5) is 16.5 Å². The number of fused-ring (bicyclic) bond motifs is 1. The zero-order valence-electron chi connectivity index (χ0n) is 15.4. The van der Waals surface area contributed by atoms with E-state index < -0.39 is 5.92 Å². The van der Waals surface area contributed by atoms with Crippen molar-refractivity contribution >= 4 is 71.7 Å². The Morgan fingerprint density at radius 1 is 1.21 bits per heavy atom. The molecule has 2 aromatic carbocycles. The number of amides is 3. The van der Waals surface area contributed by atoms with Crippen LogP contribution in [0.15, 0.2) is 46.9 Å². The first-order valence-electron chi connectivity index (χ1n) is 8.94. The fourth-order valence-corrected chi connectivity index (χ4v) is 4.57. The Labute approximate surface area is 179 Å². The van der Waals surface area contributed by atoms with Crippen molar-refractivity contribution in [2.45, 2.75) is 13.3 Å². The van der Waals surface area contributed by atoms with E-state index in [9.17, 15) is 14.4 Å². The first-order chi connectivity index (χ1) is 13.9. The van der Waals surface area contributed by atoms with E-state index in [-0.39, 0.29) is 24.1 Å². The third-order valence-corrected chi connectivity index (χ3v) is 5.98. The second-order valence-corrected chi connectivity index (χ2v) is 8.70. The van der Waals surface area contributed by atoms with E-state index in [0.29, 0.717) is 17.4 Å². The van der Waals surface area contributed by atoms with E-state index in [1.54, 1.807) is 17.0 Å². The number of anilines is 3. The van der Waals surface area contributed by atoms with Crippen LogP contribution in [0, 0.1) is 5.92 Å². The Hall–Kier alpha value is -2.78. The molecule has 1 aliphatic heterocycles. The highest BCUT2D eigenvalue weighted by molar-refractivity contribution is 9.10. The Morgan fingerprint density at radius 3 is 2.79 bits per heavy atom. The van der Waals surface area contributed by atoms with Gasteiger partial charge in [-0.25, -0.2) is 4.98 Å². The summed E-state index contributed by atoms with van der Waals surface area (Å²) >= 11 is 4.74. The molecular weight excluding hydrogens is 456 g/mol. The number of thiazole rings is 1. The summed E-state index contributed by atoms with van der Waals surface area (Å²) in [5.41, 5.74) is 2.15. The molecule has 0 spiro atoms. The minimum atomic E-state index is -0.423. The van der Waals surface area contributed by atoms with E-state index in [1.165, 1.54) is 18.3 Å². The summed E-state index contributed by atoms with van der Waals surface area (Å²) in [6, 6.07) is 12.8. The van der Waals surface area contributed by atoms with Crippen molar-refractivity contribution in [3.05, 3.63) is 46.9 Å². The minimum Gasteiger partial charge on any atom is -0.326 e. The Balaban J connectivity index is 1.46. The molecule has 0 bridgehead atoms. The molecule has 0 saturated carbocycles. The van der Waals surface area contributed by atoms with Gasteiger partial charge in [0.1, 0.15) is 0 Å². The number of carbonyl (C=O) groups excluding carboxylic acids is 3. The molecule has 0 aliphatic carbocycles. The maximum absolute atomic E-state index is 12.7. The first kappa shape index (κ1) is 19.5. The molecule has 3 amide bonds. The highest BCUT2D eigenvalue weighted by Crippen LogP contribution is 2.30. The zero-order valence-corrected chi connectivity index (χ0v) is 17.8. The Bertz CT molecular complexity index is 1130. The first-order valence-corrected chi connectivity index (χ1v) is 10.5. The van der Waals surface area contributed by atoms with E-state index in [2.05, 4.69) is 31.5 Å². The van der Waals surface area contributed by atoms with Crippen LogP contribution in [-0.2, 0) is 14.4 Å². The van der Waals surface area contributed by atoms with Crippen LogP contribution >= 0.6 is 27.3 Å². The average molecular weight is 473 g/mol.